The predicted molar refractivity (Wildman–Crippen MR) is 79.2 cm³/mol. The molecule has 2 aliphatic carbocycles. The van der Waals surface area contributed by atoms with Crippen molar-refractivity contribution in [2.24, 2.45) is 5.41 Å². The Morgan fingerprint density at radius 1 is 1.05 bits per heavy atom. The van der Waals surface area contributed by atoms with Gasteiger partial charge in [-0.1, -0.05) is 18.9 Å². The molecular formula is C18H25FO. The Labute approximate surface area is 121 Å². The van der Waals surface area contributed by atoms with Gasteiger partial charge in [0.05, 0.1) is 5.60 Å². The van der Waals surface area contributed by atoms with Crippen LogP contribution in [0.1, 0.15) is 62.5 Å². The molecule has 0 bridgehead atoms. The first-order valence-corrected chi connectivity index (χ1v) is 7.98. The zero-order valence-electron chi connectivity index (χ0n) is 12.4. The summed E-state index contributed by atoms with van der Waals surface area (Å²) in [5.74, 6) is -0.188. The van der Waals surface area contributed by atoms with Crippen LogP contribution >= 0.6 is 0 Å². The van der Waals surface area contributed by atoms with Gasteiger partial charge in [0.2, 0.25) is 0 Å². The first kappa shape index (κ1) is 14.1. The molecule has 0 radical (unpaired) electrons. The smallest absolute Gasteiger partial charge is 0.123 e. The predicted octanol–water partition coefficient (Wildman–Crippen LogP) is 4.54. The minimum Gasteiger partial charge on any atom is -0.390 e. The molecule has 3 rings (SSSR count). The van der Waals surface area contributed by atoms with Crippen LogP contribution < -0.4 is 0 Å². The van der Waals surface area contributed by atoms with Gasteiger partial charge in [0, 0.05) is 6.42 Å². The average Bonchev–Trinajstić information content (AvgIpc) is 2.87. The summed E-state index contributed by atoms with van der Waals surface area (Å²) in [6, 6.07) is 4.91. The molecule has 0 aliphatic heterocycles. The van der Waals surface area contributed by atoms with Crippen molar-refractivity contribution >= 4 is 0 Å². The molecule has 0 heterocycles. The Kier molecular flexibility index (Phi) is 3.62. The molecule has 20 heavy (non-hydrogen) atoms. The van der Waals surface area contributed by atoms with E-state index in [1.54, 1.807) is 6.07 Å². The fourth-order valence-corrected chi connectivity index (χ4v) is 4.26. The molecule has 2 aliphatic rings. The highest BCUT2D eigenvalue weighted by atomic mass is 19.1. The highest BCUT2D eigenvalue weighted by molar-refractivity contribution is 5.28. The van der Waals surface area contributed by atoms with Crippen LogP contribution in [0.4, 0.5) is 4.39 Å². The van der Waals surface area contributed by atoms with E-state index >= 15 is 0 Å². The molecule has 0 unspecified atom stereocenters. The van der Waals surface area contributed by atoms with E-state index in [0.717, 1.165) is 24.0 Å². The molecule has 1 N–H and O–H groups in total. The van der Waals surface area contributed by atoms with Crippen LogP contribution in [0.3, 0.4) is 0 Å². The lowest BCUT2D eigenvalue weighted by Gasteiger charge is -2.42. The number of hydrogen-bond donors (Lipinski definition) is 1. The molecule has 0 atom stereocenters. The first-order valence-electron chi connectivity index (χ1n) is 7.98. The van der Waals surface area contributed by atoms with Crippen molar-refractivity contribution in [1.82, 2.24) is 0 Å². The van der Waals surface area contributed by atoms with Crippen molar-refractivity contribution < 1.29 is 9.50 Å². The molecule has 1 nitrogen and oxygen atoms in total. The van der Waals surface area contributed by atoms with Crippen molar-refractivity contribution in [2.75, 3.05) is 0 Å². The number of benzene rings is 1. The van der Waals surface area contributed by atoms with Gasteiger partial charge in [-0.05, 0) is 74.1 Å². The van der Waals surface area contributed by atoms with Crippen LogP contribution in [0.25, 0.3) is 0 Å². The third kappa shape index (κ3) is 2.76. The lowest BCUT2D eigenvalue weighted by molar-refractivity contribution is -0.0323. The van der Waals surface area contributed by atoms with Gasteiger partial charge in [0.25, 0.3) is 0 Å². The van der Waals surface area contributed by atoms with Gasteiger partial charge in [0.15, 0.2) is 0 Å². The van der Waals surface area contributed by atoms with Crippen LogP contribution in [0.15, 0.2) is 18.2 Å². The zero-order chi connectivity index (χ0) is 14.2. The number of aliphatic hydroxyl groups is 1. The SMILES string of the molecule is Cc1cc(F)ccc1CC1(O)CCC2(CCCC2)CC1. The van der Waals surface area contributed by atoms with Crippen LogP contribution in [-0.2, 0) is 6.42 Å². The minimum atomic E-state index is -0.573. The zero-order valence-corrected chi connectivity index (χ0v) is 12.4. The average molecular weight is 276 g/mol. The normalized spacial score (nSPS) is 24.1. The minimum absolute atomic E-state index is 0.188. The number of hydrogen-bond acceptors (Lipinski definition) is 1. The van der Waals surface area contributed by atoms with Gasteiger partial charge in [0.1, 0.15) is 5.82 Å². The number of rotatable bonds is 2. The van der Waals surface area contributed by atoms with Crippen molar-refractivity contribution in [2.45, 2.75) is 70.3 Å². The molecule has 2 fully saturated rings. The summed E-state index contributed by atoms with van der Waals surface area (Å²) in [6.45, 7) is 1.93. The van der Waals surface area contributed by atoms with Crippen LogP contribution in [0.5, 0.6) is 0 Å². The Balaban J connectivity index is 1.68. The summed E-state index contributed by atoms with van der Waals surface area (Å²) in [5.41, 5.74) is 2.02. The Morgan fingerprint density at radius 3 is 2.30 bits per heavy atom. The van der Waals surface area contributed by atoms with Gasteiger partial charge in [-0.15, -0.1) is 0 Å². The van der Waals surface area contributed by atoms with Crippen LogP contribution in [-0.4, -0.2) is 10.7 Å². The monoisotopic (exact) mass is 276 g/mol. The number of aryl methyl sites for hydroxylation is 1. The maximum absolute atomic E-state index is 13.2. The maximum Gasteiger partial charge on any atom is 0.123 e. The van der Waals surface area contributed by atoms with Gasteiger partial charge >= 0.3 is 0 Å². The first-order chi connectivity index (χ1) is 9.50. The van der Waals surface area contributed by atoms with E-state index in [2.05, 4.69) is 0 Å². The van der Waals surface area contributed by atoms with Gasteiger partial charge < -0.3 is 5.11 Å². The quantitative estimate of drug-likeness (QED) is 0.840. The molecule has 0 amide bonds. The van der Waals surface area contributed by atoms with E-state index in [-0.39, 0.29) is 5.82 Å². The second-order valence-corrected chi connectivity index (χ2v) is 7.18. The van der Waals surface area contributed by atoms with Crippen molar-refractivity contribution in [1.29, 1.82) is 0 Å². The second kappa shape index (κ2) is 5.14. The molecule has 1 aromatic carbocycles. The van der Waals surface area contributed by atoms with E-state index in [4.69, 9.17) is 0 Å². The summed E-state index contributed by atoms with van der Waals surface area (Å²) in [6.07, 6.45) is 10.3. The number of halogens is 1. The van der Waals surface area contributed by atoms with Gasteiger partial charge in [-0.25, -0.2) is 4.39 Å². The highest BCUT2D eigenvalue weighted by Gasteiger charge is 2.42. The van der Waals surface area contributed by atoms with Crippen LogP contribution in [0, 0.1) is 18.2 Å². The topological polar surface area (TPSA) is 20.2 Å². The lowest BCUT2D eigenvalue weighted by Crippen LogP contribution is -2.40. The summed E-state index contributed by atoms with van der Waals surface area (Å²) >= 11 is 0. The molecule has 1 spiro atoms. The van der Waals surface area contributed by atoms with Crippen molar-refractivity contribution in [3.05, 3.63) is 35.1 Å². The molecule has 110 valence electrons. The Morgan fingerprint density at radius 2 is 1.70 bits per heavy atom. The summed E-state index contributed by atoms with van der Waals surface area (Å²) in [4.78, 5) is 0. The standard InChI is InChI=1S/C18H25FO/c1-14-12-16(19)5-4-15(14)13-18(20)10-8-17(9-11-18)6-2-3-7-17/h4-5,12,20H,2-3,6-11,13H2,1H3. The fraction of sp³-hybridized carbons (Fsp3) is 0.667. The van der Waals surface area contributed by atoms with Gasteiger partial charge in [-0.2, -0.15) is 0 Å². The molecule has 2 saturated carbocycles. The van der Waals surface area contributed by atoms with Crippen LogP contribution in [0.2, 0.25) is 0 Å². The lowest BCUT2D eigenvalue weighted by atomic mass is 9.66. The maximum atomic E-state index is 13.2. The molecular weight excluding hydrogens is 251 g/mol. The van der Waals surface area contributed by atoms with Gasteiger partial charge in [-0.3, -0.25) is 0 Å². The largest absolute Gasteiger partial charge is 0.390 e. The summed E-state index contributed by atoms with van der Waals surface area (Å²) in [7, 11) is 0. The highest BCUT2D eigenvalue weighted by Crippen LogP contribution is 2.51. The Bertz CT molecular complexity index is 478. The van der Waals surface area contributed by atoms with E-state index in [9.17, 15) is 9.50 Å². The van der Waals surface area contributed by atoms with E-state index in [1.165, 1.54) is 44.6 Å². The second-order valence-electron chi connectivity index (χ2n) is 7.18. The molecule has 1 aromatic rings. The van der Waals surface area contributed by atoms with E-state index < -0.39 is 5.60 Å². The molecule has 2 heteroatoms. The third-order valence-electron chi connectivity index (χ3n) is 5.73. The molecule has 0 saturated heterocycles. The fourth-order valence-electron chi connectivity index (χ4n) is 4.26. The van der Waals surface area contributed by atoms with Crippen molar-refractivity contribution in [3.63, 3.8) is 0 Å². The van der Waals surface area contributed by atoms with Crippen molar-refractivity contribution in [3.8, 4) is 0 Å². The third-order valence-corrected chi connectivity index (χ3v) is 5.73. The summed E-state index contributed by atoms with van der Waals surface area (Å²) < 4.78 is 13.2. The summed E-state index contributed by atoms with van der Waals surface area (Å²) in [5, 5.41) is 10.9. The molecule has 0 aromatic heterocycles. The van der Waals surface area contributed by atoms with E-state index in [0.29, 0.717) is 11.8 Å². The van der Waals surface area contributed by atoms with E-state index in [1.807, 2.05) is 13.0 Å². The Hall–Kier alpha value is -0.890.